The van der Waals surface area contributed by atoms with Gasteiger partial charge >= 0.3 is 5.97 Å². The molecule has 0 unspecified atom stereocenters. The van der Waals surface area contributed by atoms with Crippen LogP contribution in [-0.2, 0) is 4.79 Å². The molecule has 1 aromatic carbocycles. The fourth-order valence-corrected chi connectivity index (χ4v) is 1.79. The molecule has 2 N–H and O–H groups in total. The van der Waals surface area contributed by atoms with Gasteiger partial charge in [-0.2, -0.15) is 0 Å². The van der Waals surface area contributed by atoms with E-state index < -0.39 is 33.2 Å². The first kappa shape index (κ1) is 16.3. The van der Waals surface area contributed by atoms with Crippen molar-refractivity contribution in [3.63, 3.8) is 0 Å². The number of nitro benzene ring substituents is 2. The number of carboxylic acids is 1. The summed E-state index contributed by atoms with van der Waals surface area (Å²) in [5, 5.41) is 33.3. The zero-order valence-electron chi connectivity index (χ0n) is 11.5. The van der Waals surface area contributed by atoms with Crippen molar-refractivity contribution in [3.8, 4) is 0 Å². The maximum Gasteiger partial charge on any atom is 0.326 e. The van der Waals surface area contributed by atoms with Crippen LogP contribution in [0.4, 0.5) is 17.1 Å². The predicted molar refractivity (Wildman–Crippen MR) is 74.3 cm³/mol. The first-order valence-electron chi connectivity index (χ1n) is 6.14. The van der Waals surface area contributed by atoms with Crippen molar-refractivity contribution in [1.82, 2.24) is 0 Å². The first-order valence-corrected chi connectivity index (χ1v) is 6.14. The quantitative estimate of drug-likeness (QED) is 0.582. The van der Waals surface area contributed by atoms with Crippen LogP contribution in [0.5, 0.6) is 0 Å². The number of non-ortho nitro benzene ring substituents is 1. The number of hydrogen-bond acceptors (Lipinski definition) is 6. The van der Waals surface area contributed by atoms with E-state index >= 15 is 0 Å². The number of nitrogens with zero attached hydrogens (tertiary/aromatic N) is 2. The summed E-state index contributed by atoms with van der Waals surface area (Å²) in [6.07, 6.45) is 0.267. The largest absolute Gasteiger partial charge is 0.480 e. The topological polar surface area (TPSA) is 136 Å². The van der Waals surface area contributed by atoms with Gasteiger partial charge < -0.3 is 10.4 Å². The molecule has 0 amide bonds. The van der Waals surface area contributed by atoms with Gasteiger partial charge in [-0.15, -0.1) is 0 Å². The molecule has 0 spiro atoms. The molecule has 1 rings (SSSR count). The van der Waals surface area contributed by atoms with Crippen molar-refractivity contribution in [2.45, 2.75) is 26.3 Å². The van der Waals surface area contributed by atoms with Gasteiger partial charge in [0.15, 0.2) is 0 Å². The normalized spacial score (nSPS) is 12.0. The highest BCUT2D eigenvalue weighted by molar-refractivity contribution is 5.79. The second-order valence-electron chi connectivity index (χ2n) is 4.88. The second-order valence-corrected chi connectivity index (χ2v) is 4.88. The number of rotatable bonds is 7. The van der Waals surface area contributed by atoms with E-state index in [4.69, 9.17) is 5.11 Å². The van der Waals surface area contributed by atoms with E-state index in [1.807, 2.05) is 13.8 Å². The Morgan fingerprint density at radius 3 is 2.33 bits per heavy atom. The van der Waals surface area contributed by atoms with E-state index in [0.29, 0.717) is 0 Å². The summed E-state index contributed by atoms with van der Waals surface area (Å²) in [5.41, 5.74) is -1.01. The van der Waals surface area contributed by atoms with Crippen molar-refractivity contribution < 1.29 is 19.7 Å². The van der Waals surface area contributed by atoms with Gasteiger partial charge in [0.05, 0.1) is 15.9 Å². The fraction of sp³-hybridized carbons (Fsp3) is 0.417. The molecule has 0 heterocycles. The molecule has 9 nitrogen and oxygen atoms in total. The van der Waals surface area contributed by atoms with E-state index in [-0.39, 0.29) is 18.0 Å². The Morgan fingerprint density at radius 1 is 1.29 bits per heavy atom. The third-order valence-corrected chi connectivity index (χ3v) is 2.72. The van der Waals surface area contributed by atoms with Crippen molar-refractivity contribution in [2.75, 3.05) is 5.32 Å². The Morgan fingerprint density at radius 2 is 1.90 bits per heavy atom. The average Bonchev–Trinajstić information content (AvgIpc) is 2.37. The van der Waals surface area contributed by atoms with E-state index in [2.05, 4.69) is 5.32 Å². The Labute approximate surface area is 119 Å². The van der Waals surface area contributed by atoms with Crippen LogP contribution in [0.3, 0.4) is 0 Å². The minimum atomic E-state index is -1.14. The first-order chi connectivity index (χ1) is 9.72. The zero-order valence-corrected chi connectivity index (χ0v) is 11.5. The maximum atomic E-state index is 11.2. The molecular weight excluding hydrogens is 282 g/mol. The lowest BCUT2D eigenvalue weighted by atomic mass is 10.0. The minimum absolute atomic E-state index is 0.0568. The average molecular weight is 297 g/mol. The van der Waals surface area contributed by atoms with Gasteiger partial charge in [0.2, 0.25) is 0 Å². The van der Waals surface area contributed by atoms with Crippen LogP contribution in [0.1, 0.15) is 20.3 Å². The summed E-state index contributed by atoms with van der Waals surface area (Å²) in [5.74, 6) is -1.08. The maximum absolute atomic E-state index is 11.2. The summed E-state index contributed by atoms with van der Waals surface area (Å²) < 4.78 is 0. The molecular formula is C12H15N3O6. The summed E-state index contributed by atoms with van der Waals surface area (Å²) in [7, 11) is 0. The van der Waals surface area contributed by atoms with Crippen LogP contribution in [0.2, 0.25) is 0 Å². The molecule has 21 heavy (non-hydrogen) atoms. The molecule has 0 saturated carbocycles. The number of aliphatic carboxylic acids is 1. The lowest BCUT2D eigenvalue weighted by Crippen LogP contribution is -2.31. The summed E-state index contributed by atoms with van der Waals surface area (Å²) >= 11 is 0. The van der Waals surface area contributed by atoms with Gasteiger partial charge in [0.1, 0.15) is 11.7 Å². The van der Waals surface area contributed by atoms with Gasteiger partial charge in [-0.25, -0.2) is 4.79 Å². The number of hydrogen-bond donors (Lipinski definition) is 2. The van der Waals surface area contributed by atoms with Crippen LogP contribution in [0.15, 0.2) is 18.2 Å². The van der Waals surface area contributed by atoms with Crippen molar-refractivity contribution >= 4 is 23.0 Å². The molecule has 1 atom stereocenters. The van der Waals surface area contributed by atoms with E-state index in [0.717, 1.165) is 18.2 Å². The third kappa shape index (κ3) is 4.41. The fourth-order valence-electron chi connectivity index (χ4n) is 1.79. The van der Waals surface area contributed by atoms with Gasteiger partial charge in [-0.1, -0.05) is 13.8 Å². The summed E-state index contributed by atoms with van der Waals surface area (Å²) in [4.78, 5) is 31.2. The van der Waals surface area contributed by atoms with Gasteiger partial charge in [0, 0.05) is 6.07 Å². The number of anilines is 1. The molecule has 0 radical (unpaired) electrons. The van der Waals surface area contributed by atoms with Crippen molar-refractivity contribution in [2.24, 2.45) is 5.92 Å². The predicted octanol–water partition coefficient (Wildman–Crippen LogP) is 2.41. The number of carbonyl (C=O) groups is 1. The molecule has 114 valence electrons. The molecule has 9 heteroatoms. The monoisotopic (exact) mass is 297 g/mol. The van der Waals surface area contributed by atoms with Gasteiger partial charge in [0.25, 0.3) is 11.4 Å². The molecule has 0 aliphatic rings. The zero-order chi connectivity index (χ0) is 16.2. The Hall–Kier alpha value is -2.71. The van der Waals surface area contributed by atoms with Crippen LogP contribution in [0.25, 0.3) is 0 Å². The highest BCUT2D eigenvalue weighted by Crippen LogP contribution is 2.30. The van der Waals surface area contributed by atoms with Crippen molar-refractivity contribution in [3.05, 3.63) is 38.4 Å². The third-order valence-electron chi connectivity index (χ3n) is 2.72. The SMILES string of the molecule is CC(C)C[C@@H](Nc1ccc([N+](=O)[O-])cc1[N+](=O)[O-])C(=O)O. The molecule has 0 saturated heterocycles. The van der Waals surface area contributed by atoms with Gasteiger partial charge in [-0.05, 0) is 18.4 Å². The highest BCUT2D eigenvalue weighted by Gasteiger charge is 2.25. The number of benzene rings is 1. The lowest BCUT2D eigenvalue weighted by molar-refractivity contribution is -0.393. The summed E-state index contributed by atoms with van der Waals surface area (Å²) in [6, 6.07) is 2.03. The Kier molecular flexibility index (Phi) is 5.17. The molecule has 0 bridgehead atoms. The minimum Gasteiger partial charge on any atom is -0.480 e. The Balaban J connectivity index is 3.13. The highest BCUT2D eigenvalue weighted by atomic mass is 16.6. The molecule has 0 aliphatic carbocycles. The van der Waals surface area contributed by atoms with E-state index in [1.54, 1.807) is 0 Å². The molecule has 0 fully saturated rings. The van der Waals surface area contributed by atoms with Crippen LogP contribution >= 0.6 is 0 Å². The molecule has 0 aromatic heterocycles. The smallest absolute Gasteiger partial charge is 0.326 e. The van der Waals surface area contributed by atoms with Crippen LogP contribution in [-0.4, -0.2) is 27.0 Å². The second kappa shape index (κ2) is 6.64. The Bertz CT molecular complexity index is 572. The summed E-state index contributed by atoms with van der Waals surface area (Å²) in [6.45, 7) is 3.64. The van der Waals surface area contributed by atoms with Gasteiger partial charge in [-0.3, -0.25) is 20.2 Å². The van der Waals surface area contributed by atoms with Crippen LogP contribution < -0.4 is 5.32 Å². The van der Waals surface area contributed by atoms with E-state index in [1.165, 1.54) is 0 Å². The number of carboxylic acid groups (broad SMARTS) is 1. The van der Waals surface area contributed by atoms with Crippen LogP contribution in [0, 0.1) is 26.1 Å². The molecule has 0 aliphatic heterocycles. The molecule has 1 aromatic rings. The standard InChI is InChI=1S/C12H15N3O6/c1-7(2)5-10(12(16)17)13-9-4-3-8(14(18)19)6-11(9)15(20)21/h3-4,6-7,10,13H,5H2,1-2H3,(H,16,17)/t10-/m1/s1. The number of nitrogens with one attached hydrogen (secondary N) is 1. The van der Waals surface area contributed by atoms with Crippen molar-refractivity contribution in [1.29, 1.82) is 0 Å². The number of nitro groups is 2. The lowest BCUT2D eigenvalue weighted by Gasteiger charge is -2.17. The van der Waals surface area contributed by atoms with E-state index in [9.17, 15) is 25.0 Å².